The molecule has 0 radical (unpaired) electrons. The number of hydrogen-bond donors (Lipinski definition) is 2. The lowest BCUT2D eigenvalue weighted by atomic mass is 10.1. The fourth-order valence-corrected chi connectivity index (χ4v) is 2.47. The van der Waals surface area contributed by atoms with E-state index >= 15 is 0 Å². The van der Waals surface area contributed by atoms with E-state index in [9.17, 15) is 13.9 Å². The highest BCUT2D eigenvalue weighted by Gasteiger charge is 2.12. The molecule has 2 atom stereocenters. The molecule has 2 unspecified atom stereocenters. The van der Waals surface area contributed by atoms with Crippen molar-refractivity contribution in [3.8, 4) is 0 Å². The molecule has 0 saturated heterocycles. The predicted molar refractivity (Wildman–Crippen MR) is 76.4 cm³/mol. The molecule has 1 aromatic rings. The van der Waals surface area contributed by atoms with Crippen LogP contribution in [0.25, 0.3) is 0 Å². The molecule has 0 aromatic heterocycles. The smallest absolute Gasteiger partial charge is 0.159 e. The number of nitrogens with one attached hydrogen (secondary N) is 1. The zero-order valence-electron chi connectivity index (χ0n) is 11.3. The molecule has 0 fully saturated rings. The summed E-state index contributed by atoms with van der Waals surface area (Å²) < 4.78 is 25.8. The van der Waals surface area contributed by atoms with Gasteiger partial charge in [-0.05, 0) is 42.5 Å². The Bertz CT molecular complexity index is 390. The Labute approximate surface area is 117 Å². The number of aliphatic hydroxyl groups is 1. The maximum atomic E-state index is 13.0. The van der Waals surface area contributed by atoms with Gasteiger partial charge >= 0.3 is 0 Å². The number of rotatable bonds is 8. The summed E-state index contributed by atoms with van der Waals surface area (Å²) in [5, 5.41) is 13.1. The Balaban J connectivity index is 2.37. The normalized spacial score (nSPS) is 14.4. The molecule has 0 aliphatic heterocycles. The molecular weight excluding hydrogens is 268 g/mol. The Morgan fingerprint density at radius 2 is 2.05 bits per heavy atom. The van der Waals surface area contributed by atoms with E-state index in [1.807, 2.05) is 18.7 Å². The van der Waals surface area contributed by atoms with Crippen LogP contribution in [-0.2, 0) is 0 Å². The first kappa shape index (κ1) is 16.4. The fourth-order valence-electron chi connectivity index (χ4n) is 1.66. The van der Waals surface area contributed by atoms with E-state index in [0.29, 0.717) is 18.2 Å². The third-order valence-corrected chi connectivity index (χ3v) is 3.82. The fraction of sp³-hybridized carbons (Fsp3) is 0.571. The van der Waals surface area contributed by atoms with Gasteiger partial charge in [-0.2, -0.15) is 11.8 Å². The summed E-state index contributed by atoms with van der Waals surface area (Å²) in [5.41, 5.74) is 0.390. The van der Waals surface area contributed by atoms with E-state index in [1.165, 1.54) is 6.07 Å². The molecule has 2 N–H and O–H groups in total. The van der Waals surface area contributed by atoms with E-state index in [1.54, 1.807) is 0 Å². The molecule has 1 aromatic carbocycles. The van der Waals surface area contributed by atoms with Gasteiger partial charge in [-0.25, -0.2) is 8.78 Å². The van der Waals surface area contributed by atoms with Crippen LogP contribution in [0, 0.1) is 11.6 Å². The Morgan fingerprint density at radius 3 is 2.68 bits per heavy atom. The van der Waals surface area contributed by atoms with Crippen LogP contribution in [0.5, 0.6) is 0 Å². The molecule has 0 aliphatic carbocycles. The van der Waals surface area contributed by atoms with Crippen molar-refractivity contribution in [1.29, 1.82) is 0 Å². The van der Waals surface area contributed by atoms with Crippen LogP contribution in [0.2, 0.25) is 0 Å². The van der Waals surface area contributed by atoms with Crippen LogP contribution in [0.1, 0.15) is 31.9 Å². The van der Waals surface area contributed by atoms with Gasteiger partial charge in [0.25, 0.3) is 0 Å². The van der Waals surface area contributed by atoms with Crippen LogP contribution >= 0.6 is 11.8 Å². The quantitative estimate of drug-likeness (QED) is 0.721. The summed E-state index contributed by atoms with van der Waals surface area (Å²) in [6, 6.07) is 3.77. The molecule has 0 saturated carbocycles. The summed E-state index contributed by atoms with van der Waals surface area (Å²) in [6.45, 7) is 4.51. The van der Waals surface area contributed by atoms with Gasteiger partial charge in [0.15, 0.2) is 11.6 Å². The first-order chi connectivity index (χ1) is 9.04. The van der Waals surface area contributed by atoms with Gasteiger partial charge in [-0.3, -0.25) is 0 Å². The molecule has 0 aliphatic rings. The molecule has 1 rings (SSSR count). The first-order valence-electron chi connectivity index (χ1n) is 6.48. The van der Waals surface area contributed by atoms with Crippen molar-refractivity contribution in [2.45, 2.75) is 32.4 Å². The number of halogens is 2. The van der Waals surface area contributed by atoms with Crippen molar-refractivity contribution < 1.29 is 13.9 Å². The topological polar surface area (TPSA) is 32.3 Å². The zero-order chi connectivity index (χ0) is 14.3. The average molecular weight is 289 g/mol. The summed E-state index contributed by atoms with van der Waals surface area (Å²) in [4.78, 5) is 0. The maximum Gasteiger partial charge on any atom is 0.159 e. The molecule has 108 valence electrons. The van der Waals surface area contributed by atoms with E-state index in [0.717, 1.165) is 30.1 Å². The molecule has 0 heterocycles. The molecule has 0 bridgehead atoms. The molecule has 0 amide bonds. The van der Waals surface area contributed by atoms with Crippen molar-refractivity contribution in [3.05, 3.63) is 35.4 Å². The summed E-state index contributed by atoms with van der Waals surface area (Å²) in [7, 11) is 0. The Kier molecular flexibility index (Phi) is 7.34. The predicted octanol–water partition coefficient (Wildman–Crippen LogP) is 3.12. The Morgan fingerprint density at radius 1 is 1.32 bits per heavy atom. The van der Waals surface area contributed by atoms with E-state index in [2.05, 4.69) is 12.2 Å². The van der Waals surface area contributed by atoms with Gasteiger partial charge in [0.1, 0.15) is 0 Å². The van der Waals surface area contributed by atoms with E-state index < -0.39 is 17.7 Å². The Hall–Kier alpha value is -0.650. The summed E-state index contributed by atoms with van der Waals surface area (Å²) in [5.74, 6) is 0.355. The zero-order valence-corrected chi connectivity index (χ0v) is 12.1. The average Bonchev–Trinajstić information content (AvgIpc) is 2.39. The van der Waals surface area contributed by atoms with Crippen molar-refractivity contribution >= 4 is 11.8 Å². The minimum Gasteiger partial charge on any atom is -0.387 e. The van der Waals surface area contributed by atoms with Gasteiger partial charge in [0.05, 0.1) is 6.10 Å². The van der Waals surface area contributed by atoms with Gasteiger partial charge in [-0.15, -0.1) is 0 Å². The molecule has 0 spiro atoms. The second-order valence-corrected chi connectivity index (χ2v) is 5.88. The van der Waals surface area contributed by atoms with Crippen LogP contribution in [-0.4, -0.2) is 29.2 Å². The number of aliphatic hydroxyl groups excluding tert-OH is 1. The molecule has 19 heavy (non-hydrogen) atoms. The summed E-state index contributed by atoms with van der Waals surface area (Å²) >= 11 is 1.88. The largest absolute Gasteiger partial charge is 0.387 e. The summed E-state index contributed by atoms with van der Waals surface area (Å²) in [6.07, 6.45) is 0.194. The van der Waals surface area contributed by atoms with Crippen molar-refractivity contribution in [1.82, 2.24) is 5.32 Å². The van der Waals surface area contributed by atoms with Gasteiger partial charge in [0, 0.05) is 12.6 Å². The number of hydrogen-bond acceptors (Lipinski definition) is 3. The minimum atomic E-state index is -0.927. The third kappa shape index (κ3) is 5.89. The third-order valence-electron chi connectivity index (χ3n) is 2.89. The molecule has 2 nitrogen and oxygen atoms in total. The molecule has 5 heteroatoms. The standard InChI is InChI=1S/C14H21F2NOS/c1-3-19-7-6-10(2)17-9-14(18)11-4-5-12(15)13(16)8-11/h4-5,8,10,14,17-18H,3,6-7,9H2,1-2H3. The van der Waals surface area contributed by atoms with E-state index in [4.69, 9.17) is 0 Å². The lowest BCUT2D eigenvalue weighted by Gasteiger charge is -2.17. The monoisotopic (exact) mass is 289 g/mol. The van der Waals surface area contributed by atoms with Crippen LogP contribution in [0.15, 0.2) is 18.2 Å². The van der Waals surface area contributed by atoms with Crippen molar-refractivity contribution in [2.24, 2.45) is 0 Å². The van der Waals surface area contributed by atoms with E-state index in [-0.39, 0.29) is 0 Å². The van der Waals surface area contributed by atoms with Crippen LogP contribution in [0.4, 0.5) is 8.78 Å². The minimum absolute atomic E-state index is 0.291. The van der Waals surface area contributed by atoms with Crippen molar-refractivity contribution in [3.63, 3.8) is 0 Å². The lowest BCUT2D eigenvalue weighted by Crippen LogP contribution is -2.30. The van der Waals surface area contributed by atoms with Gasteiger partial charge in [-0.1, -0.05) is 13.0 Å². The second-order valence-electron chi connectivity index (χ2n) is 4.48. The number of thioether (sulfide) groups is 1. The van der Waals surface area contributed by atoms with Gasteiger partial charge in [0.2, 0.25) is 0 Å². The number of benzene rings is 1. The highest BCUT2D eigenvalue weighted by Crippen LogP contribution is 2.16. The second kappa shape index (κ2) is 8.51. The first-order valence-corrected chi connectivity index (χ1v) is 7.64. The van der Waals surface area contributed by atoms with Crippen LogP contribution in [0.3, 0.4) is 0 Å². The van der Waals surface area contributed by atoms with Crippen LogP contribution < -0.4 is 5.32 Å². The lowest BCUT2D eigenvalue weighted by molar-refractivity contribution is 0.170. The highest BCUT2D eigenvalue weighted by atomic mass is 32.2. The highest BCUT2D eigenvalue weighted by molar-refractivity contribution is 7.99. The van der Waals surface area contributed by atoms with Gasteiger partial charge < -0.3 is 10.4 Å². The SMILES string of the molecule is CCSCCC(C)NCC(O)c1ccc(F)c(F)c1. The molecular formula is C14H21F2NOS. The maximum absolute atomic E-state index is 13.0. The van der Waals surface area contributed by atoms with Crippen molar-refractivity contribution in [2.75, 3.05) is 18.1 Å².